The number of ether oxygens (including phenoxy) is 5. The predicted molar refractivity (Wildman–Crippen MR) is 212 cm³/mol. The first kappa shape index (κ1) is 42.4. The number of aromatic nitrogens is 1. The molecular formula is C39H49ClN4O9S2. The summed E-state index contributed by atoms with van der Waals surface area (Å²) in [5.74, 6) is -0.403. The molecule has 2 unspecified atom stereocenters. The van der Waals surface area contributed by atoms with Crippen molar-refractivity contribution in [2.75, 3.05) is 39.0 Å². The first-order chi connectivity index (χ1) is 26.2. The molecule has 2 saturated heterocycles. The lowest BCUT2D eigenvalue weighted by Crippen LogP contribution is -2.64. The molecule has 7 atom stereocenters. The van der Waals surface area contributed by atoms with Crippen LogP contribution < -0.4 is 15.0 Å². The van der Waals surface area contributed by atoms with Crippen molar-refractivity contribution in [3.63, 3.8) is 0 Å². The van der Waals surface area contributed by atoms with Crippen molar-refractivity contribution < 1.29 is 42.9 Å². The van der Waals surface area contributed by atoms with E-state index in [4.69, 9.17) is 35.3 Å². The van der Waals surface area contributed by atoms with Crippen LogP contribution in [0.1, 0.15) is 52.0 Å². The molecule has 13 nitrogen and oxygen atoms in total. The second kappa shape index (κ2) is 18.9. The molecule has 1 N–H and O–H groups in total. The zero-order valence-corrected chi connectivity index (χ0v) is 34.5. The molecule has 0 radical (unpaired) electrons. The second-order valence-corrected chi connectivity index (χ2v) is 16.9. The van der Waals surface area contributed by atoms with Gasteiger partial charge in [0.05, 0.1) is 37.5 Å². The molecule has 5 heterocycles. The van der Waals surface area contributed by atoms with Gasteiger partial charge in [0.2, 0.25) is 11.8 Å². The quantitative estimate of drug-likeness (QED) is 0.166. The maximum atomic E-state index is 14.1. The zero-order valence-electron chi connectivity index (χ0n) is 32.1. The number of nitrogens with zero attached hydrogens (tertiary/aromatic N) is 3. The number of rotatable bonds is 10. The van der Waals surface area contributed by atoms with Crippen LogP contribution in [0, 0.1) is 0 Å². The Morgan fingerprint density at radius 3 is 2.67 bits per heavy atom. The minimum Gasteiger partial charge on any atom is -0.495 e. The Morgan fingerprint density at radius 2 is 1.98 bits per heavy atom. The number of nitrogens with one attached hydrogen (secondary N) is 1. The molecule has 0 saturated carbocycles. The molecule has 298 valence electrons. The molecule has 0 aliphatic carbocycles. The minimum atomic E-state index is -1.13. The number of carbonyl (C=O) groups excluding carboxylic acids is 4. The van der Waals surface area contributed by atoms with Gasteiger partial charge in [0.25, 0.3) is 0 Å². The van der Waals surface area contributed by atoms with E-state index in [9.17, 15) is 19.2 Å². The van der Waals surface area contributed by atoms with Crippen molar-refractivity contribution in [3.05, 3.63) is 70.9 Å². The summed E-state index contributed by atoms with van der Waals surface area (Å²) in [6, 6.07) is 7.94. The van der Waals surface area contributed by atoms with Gasteiger partial charge in [-0.05, 0) is 67.8 Å². The van der Waals surface area contributed by atoms with Crippen LogP contribution in [0.3, 0.4) is 0 Å². The molecule has 2 aromatic rings. The Hall–Kier alpha value is -3.76. The molecule has 2 fully saturated rings. The molecule has 0 spiro atoms. The molecule has 3 amide bonds. The van der Waals surface area contributed by atoms with Gasteiger partial charge in [0.15, 0.2) is 0 Å². The molecule has 6 bridgehead atoms. The number of anilines is 1. The van der Waals surface area contributed by atoms with E-state index in [0.717, 1.165) is 16.2 Å². The highest BCUT2D eigenvalue weighted by molar-refractivity contribution is 8.76. The van der Waals surface area contributed by atoms with Crippen molar-refractivity contribution in [2.45, 2.75) is 100 Å². The molecule has 4 aliphatic rings. The van der Waals surface area contributed by atoms with E-state index in [1.807, 2.05) is 55.5 Å². The number of alkyl carbamates (subject to hydrolysis) is 1. The number of allylic oxidation sites excluding steroid dienone is 3. The van der Waals surface area contributed by atoms with E-state index in [0.29, 0.717) is 36.5 Å². The average molecular weight is 817 g/mol. The van der Waals surface area contributed by atoms with Gasteiger partial charge in [0.1, 0.15) is 39.6 Å². The van der Waals surface area contributed by atoms with E-state index < -0.39 is 60.1 Å². The minimum absolute atomic E-state index is 0.197. The molecule has 4 aliphatic heterocycles. The molecule has 55 heavy (non-hydrogen) atoms. The lowest BCUT2D eigenvalue weighted by atomic mass is 9.80. The fourth-order valence-corrected chi connectivity index (χ4v) is 8.89. The Labute approximate surface area is 335 Å². The van der Waals surface area contributed by atoms with Crippen LogP contribution in [0.4, 0.5) is 10.5 Å². The van der Waals surface area contributed by atoms with E-state index in [1.54, 1.807) is 41.2 Å². The van der Waals surface area contributed by atoms with Crippen LogP contribution in [-0.4, -0.2) is 110 Å². The van der Waals surface area contributed by atoms with Crippen molar-refractivity contribution in [2.24, 2.45) is 0 Å². The number of benzene rings is 1. The number of halogens is 1. The Kier molecular flexibility index (Phi) is 14.6. The standard InChI is InChI=1S/C39H49ClN4O9S2/c1-23-11-10-12-28(49-6)26-20-29(51-38(48)42-26)31-22-39(3,53-31)32(21-35(46)44(5)27-18-25(17-23)19-30(50-7)36(27)40)52-37(47)24(2)43(4)34(45)14-16-54-55-33-13-8-9-15-41-33/h8-13,15,18-19,24,26,28-29,31-32H,14,16-17,20-22H2,1-7H3,(H,42,48)/b12-10+,23-11+/t24-,26?,28+,29-,31?,32-,39+/m0/s1. The summed E-state index contributed by atoms with van der Waals surface area (Å²) >= 11 is 6.77. The number of hydrogen-bond donors (Lipinski definition) is 1. The molecule has 16 heteroatoms. The SMILES string of the molecule is COc1cc2cc(c1Cl)N(C)C(=O)C[C@H](OC(=O)[C@H](C)N(C)C(=O)CCSSc1ccccn1)[C@@]1(C)CC(O1)[C@@H]1CC(NC(=O)O1)[C@H](OC)/C=C/C=C(\C)C2. The van der Waals surface area contributed by atoms with E-state index in [1.165, 1.54) is 38.5 Å². The van der Waals surface area contributed by atoms with Gasteiger partial charge in [-0.25, -0.2) is 14.6 Å². The zero-order chi connectivity index (χ0) is 39.9. The van der Waals surface area contributed by atoms with Gasteiger partial charge in [-0.1, -0.05) is 52.3 Å². The largest absolute Gasteiger partial charge is 0.495 e. The van der Waals surface area contributed by atoms with Gasteiger partial charge in [-0.2, -0.15) is 0 Å². The van der Waals surface area contributed by atoms with Crippen LogP contribution in [0.25, 0.3) is 0 Å². The number of amides is 3. The highest BCUT2D eigenvalue weighted by atomic mass is 35.5. The third-order valence-electron chi connectivity index (χ3n) is 10.2. The first-order valence-corrected chi connectivity index (χ1v) is 20.7. The summed E-state index contributed by atoms with van der Waals surface area (Å²) < 4.78 is 29.6. The Morgan fingerprint density at radius 1 is 1.22 bits per heavy atom. The van der Waals surface area contributed by atoms with E-state index in [2.05, 4.69) is 10.3 Å². The summed E-state index contributed by atoms with van der Waals surface area (Å²) in [7, 11) is 9.22. The van der Waals surface area contributed by atoms with Gasteiger partial charge in [0, 0.05) is 52.4 Å². The summed E-state index contributed by atoms with van der Waals surface area (Å²) in [6.45, 7) is 5.33. The van der Waals surface area contributed by atoms with Crippen LogP contribution >= 0.6 is 33.2 Å². The summed E-state index contributed by atoms with van der Waals surface area (Å²) in [4.78, 5) is 60.8. The van der Waals surface area contributed by atoms with Gasteiger partial charge >= 0.3 is 12.1 Å². The predicted octanol–water partition coefficient (Wildman–Crippen LogP) is 6.17. The lowest BCUT2D eigenvalue weighted by molar-refractivity contribution is -0.273. The van der Waals surface area contributed by atoms with Crippen LogP contribution in [0.2, 0.25) is 5.02 Å². The molecule has 1 aromatic heterocycles. The number of methoxy groups -OCH3 is 2. The number of esters is 1. The Bertz CT molecular complexity index is 1770. The topological polar surface area (TPSA) is 146 Å². The maximum Gasteiger partial charge on any atom is 0.407 e. The monoisotopic (exact) mass is 816 g/mol. The van der Waals surface area contributed by atoms with E-state index in [-0.39, 0.29) is 23.8 Å². The first-order valence-electron chi connectivity index (χ1n) is 18.0. The third-order valence-corrected chi connectivity index (χ3v) is 12.8. The highest BCUT2D eigenvalue weighted by Crippen LogP contribution is 2.43. The molecule has 6 rings (SSSR count). The number of carbonyl (C=O) groups is 4. The van der Waals surface area contributed by atoms with Crippen molar-refractivity contribution >= 4 is 62.8 Å². The number of hydrogen-bond acceptors (Lipinski definition) is 12. The van der Waals surface area contributed by atoms with Gasteiger partial charge in [-0.3, -0.25) is 9.59 Å². The van der Waals surface area contributed by atoms with Gasteiger partial charge in [-0.15, -0.1) is 0 Å². The van der Waals surface area contributed by atoms with Crippen LogP contribution in [0.15, 0.2) is 65.4 Å². The van der Waals surface area contributed by atoms with Crippen LogP contribution in [0.5, 0.6) is 5.75 Å². The number of likely N-dealkylation sites (N-methyl/N-ethyl adjacent to an activating group) is 1. The fraction of sp³-hybridized carbons (Fsp3) is 0.513. The van der Waals surface area contributed by atoms with Crippen LogP contribution in [-0.2, 0) is 39.8 Å². The maximum absolute atomic E-state index is 14.1. The lowest BCUT2D eigenvalue weighted by Gasteiger charge is -2.52. The summed E-state index contributed by atoms with van der Waals surface area (Å²) in [5.41, 5.74) is 1.16. The summed E-state index contributed by atoms with van der Waals surface area (Å²) in [5, 5.41) is 3.95. The second-order valence-electron chi connectivity index (χ2n) is 14.1. The molecular weight excluding hydrogens is 768 g/mol. The van der Waals surface area contributed by atoms with Crippen molar-refractivity contribution in [1.82, 2.24) is 15.2 Å². The van der Waals surface area contributed by atoms with Crippen molar-refractivity contribution in [3.8, 4) is 5.75 Å². The third kappa shape index (κ3) is 10.6. The normalized spacial score (nSPS) is 27.7. The number of pyridine rings is 1. The fourth-order valence-electron chi connectivity index (χ4n) is 6.72. The Balaban J connectivity index is 1.38. The number of fused-ring (bicyclic) bond motifs is 6. The van der Waals surface area contributed by atoms with Crippen molar-refractivity contribution in [1.29, 1.82) is 0 Å². The summed E-state index contributed by atoms with van der Waals surface area (Å²) in [6.07, 6.45) is 5.37. The smallest absolute Gasteiger partial charge is 0.407 e. The average Bonchev–Trinajstić information content (AvgIpc) is 3.15. The highest BCUT2D eigenvalue weighted by Gasteiger charge is 2.55. The van der Waals surface area contributed by atoms with Gasteiger partial charge < -0.3 is 38.8 Å². The van der Waals surface area contributed by atoms with E-state index >= 15 is 0 Å². The molecule has 1 aromatic carbocycles.